The number of Topliss-reactive ketones (excluding diaryl/α,β-unsaturated/α-hetero) is 1. The van der Waals surface area contributed by atoms with E-state index in [0.717, 1.165) is 17.7 Å². The van der Waals surface area contributed by atoms with Crippen LogP contribution in [-0.2, 0) is 14.3 Å². The van der Waals surface area contributed by atoms with Crippen molar-refractivity contribution < 1.29 is 28.7 Å². The van der Waals surface area contributed by atoms with Crippen LogP contribution in [0.15, 0.2) is 48.5 Å². The van der Waals surface area contributed by atoms with Crippen molar-refractivity contribution in [1.29, 1.82) is 0 Å². The van der Waals surface area contributed by atoms with E-state index in [2.05, 4.69) is 5.32 Å². The van der Waals surface area contributed by atoms with Crippen LogP contribution in [0.3, 0.4) is 0 Å². The van der Waals surface area contributed by atoms with E-state index >= 15 is 0 Å². The van der Waals surface area contributed by atoms with E-state index in [0.29, 0.717) is 29.6 Å². The summed E-state index contributed by atoms with van der Waals surface area (Å²) in [5, 5.41) is 3.19. The van der Waals surface area contributed by atoms with E-state index < -0.39 is 18.6 Å². The number of esters is 1. The maximum atomic E-state index is 12.6. The summed E-state index contributed by atoms with van der Waals surface area (Å²) in [5.41, 5.74) is 1.04. The van der Waals surface area contributed by atoms with Gasteiger partial charge in [-0.1, -0.05) is 0 Å². The maximum Gasteiger partial charge on any atom is 0.338 e. The summed E-state index contributed by atoms with van der Waals surface area (Å²) >= 11 is 0. The van der Waals surface area contributed by atoms with Crippen molar-refractivity contribution in [3.05, 3.63) is 59.7 Å². The van der Waals surface area contributed by atoms with Crippen LogP contribution in [0.25, 0.3) is 0 Å². The molecule has 1 aliphatic carbocycles. The molecule has 0 aromatic heterocycles. The zero-order chi connectivity index (χ0) is 22.7. The number of nitrogens with zero attached hydrogens (tertiary/aromatic N) is 1. The van der Waals surface area contributed by atoms with Crippen molar-refractivity contribution in [1.82, 2.24) is 5.32 Å². The topological polar surface area (TPSA) is 102 Å². The summed E-state index contributed by atoms with van der Waals surface area (Å²) in [6.07, 6.45) is 2.18. The molecule has 1 N–H and O–H groups in total. The summed E-state index contributed by atoms with van der Waals surface area (Å²) < 4.78 is 10.5. The molecular formula is C24H24N2O6. The summed E-state index contributed by atoms with van der Waals surface area (Å²) in [5.74, 6) is -0.892. The fourth-order valence-electron chi connectivity index (χ4n) is 3.52. The number of hydrogen-bond donors (Lipinski definition) is 1. The molecule has 2 amide bonds. The number of benzene rings is 2. The predicted octanol–water partition coefficient (Wildman–Crippen LogP) is 2.51. The summed E-state index contributed by atoms with van der Waals surface area (Å²) in [6, 6.07) is 12.4. The Morgan fingerprint density at radius 3 is 2.28 bits per heavy atom. The lowest BCUT2D eigenvalue weighted by Crippen LogP contribution is -2.39. The third kappa shape index (κ3) is 4.86. The lowest BCUT2D eigenvalue weighted by Gasteiger charge is -2.15. The Bertz CT molecular complexity index is 1030. The number of carbonyl (C=O) groups is 4. The van der Waals surface area contributed by atoms with Crippen molar-refractivity contribution in [3.63, 3.8) is 0 Å². The van der Waals surface area contributed by atoms with E-state index in [1.54, 1.807) is 24.3 Å². The van der Waals surface area contributed by atoms with Crippen LogP contribution in [0.2, 0.25) is 0 Å². The van der Waals surface area contributed by atoms with E-state index in [1.165, 1.54) is 24.3 Å². The number of amides is 2. The predicted molar refractivity (Wildman–Crippen MR) is 116 cm³/mol. The van der Waals surface area contributed by atoms with Crippen molar-refractivity contribution >= 4 is 29.3 Å². The number of anilines is 1. The van der Waals surface area contributed by atoms with Crippen LogP contribution in [0.5, 0.6) is 5.75 Å². The van der Waals surface area contributed by atoms with Gasteiger partial charge >= 0.3 is 5.97 Å². The van der Waals surface area contributed by atoms with Crippen LogP contribution < -0.4 is 15.0 Å². The minimum Gasteiger partial charge on any atom is -0.494 e. The third-order valence-electron chi connectivity index (χ3n) is 5.34. The normalized spacial score (nSPS) is 18.0. The highest BCUT2D eigenvalue weighted by Gasteiger charge is 2.41. The molecule has 1 heterocycles. The van der Waals surface area contributed by atoms with Gasteiger partial charge in [0, 0.05) is 11.6 Å². The van der Waals surface area contributed by atoms with Crippen molar-refractivity contribution in [2.75, 3.05) is 18.1 Å². The molecule has 4 rings (SSSR count). The average Bonchev–Trinajstić information content (AvgIpc) is 3.57. The Morgan fingerprint density at radius 2 is 1.66 bits per heavy atom. The second kappa shape index (κ2) is 9.32. The molecule has 1 saturated carbocycles. The molecule has 8 nitrogen and oxygen atoms in total. The highest BCUT2D eigenvalue weighted by Crippen LogP contribution is 2.27. The van der Waals surface area contributed by atoms with E-state index in [4.69, 9.17) is 9.47 Å². The van der Waals surface area contributed by atoms with E-state index in [-0.39, 0.29) is 29.6 Å². The molecule has 8 heteroatoms. The highest BCUT2D eigenvalue weighted by molar-refractivity contribution is 6.22. The zero-order valence-corrected chi connectivity index (χ0v) is 17.7. The van der Waals surface area contributed by atoms with Gasteiger partial charge in [-0.05, 0) is 68.3 Å². The van der Waals surface area contributed by atoms with Crippen LogP contribution in [-0.4, -0.2) is 48.9 Å². The lowest BCUT2D eigenvalue weighted by atomic mass is 10.1. The van der Waals surface area contributed by atoms with Crippen LogP contribution in [0.4, 0.5) is 5.69 Å². The van der Waals surface area contributed by atoms with Gasteiger partial charge < -0.3 is 14.8 Å². The lowest BCUT2D eigenvalue weighted by molar-refractivity contribution is -0.121. The fraction of sp³-hybridized carbons (Fsp3) is 0.333. The molecular weight excluding hydrogens is 412 g/mol. The van der Waals surface area contributed by atoms with Crippen LogP contribution >= 0.6 is 0 Å². The van der Waals surface area contributed by atoms with Gasteiger partial charge in [-0.15, -0.1) is 0 Å². The standard InChI is InChI=1S/C24H24N2O6/c1-2-31-19-11-5-15(6-12-19)21(27)14-32-24(30)16-3-9-18(10-4-16)26-22(28)13-20(23(26)29)25-17-7-8-17/h3-6,9-12,17,20,25H,2,7-8,13-14H2,1H3. The number of imide groups is 1. The maximum absolute atomic E-state index is 12.6. The molecule has 2 fully saturated rings. The Balaban J connectivity index is 1.33. The molecule has 2 aliphatic rings. The number of rotatable bonds is 9. The van der Waals surface area contributed by atoms with Gasteiger partial charge in [-0.2, -0.15) is 0 Å². The molecule has 2 aromatic rings. The smallest absolute Gasteiger partial charge is 0.338 e. The Labute approximate surface area is 185 Å². The summed E-state index contributed by atoms with van der Waals surface area (Å²) in [6.45, 7) is 2.00. The van der Waals surface area contributed by atoms with Gasteiger partial charge in [-0.3, -0.25) is 14.4 Å². The Kier molecular flexibility index (Phi) is 6.32. The third-order valence-corrected chi connectivity index (χ3v) is 5.34. The zero-order valence-electron chi connectivity index (χ0n) is 17.7. The quantitative estimate of drug-likeness (QED) is 0.366. The molecule has 1 aliphatic heterocycles. The second-order valence-electron chi connectivity index (χ2n) is 7.77. The average molecular weight is 436 g/mol. The number of ketones is 1. The number of ether oxygens (including phenoxy) is 2. The summed E-state index contributed by atoms with van der Waals surface area (Å²) in [4.78, 5) is 50.6. The van der Waals surface area contributed by atoms with Crippen molar-refractivity contribution in [2.45, 2.75) is 38.3 Å². The molecule has 1 atom stereocenters. The molecule has 1 saturated heterocycles. The second-order valence-corrected chi connectivity index (χ2v) is 7.77. The fourth-order valence-corrected chi connectivity index (χ4v) is 3.52. The monoisotopic (exact) mass is 436 g/mol. The number of hydrogen-bond acceptors (Lipinski definition) is 7. The molecule has 2 aromatic carbocycles. The minimum atomic E-state index is -0.664. The molecule has 0 spiro atoms. The van der Waals surface area contributed by atoms with Gasteiger partial charge in [0.15, 0.2) is 12.4 Å². The molecule has 0 bridgehead atoms. The number of carbonyl (C=O) groups excluding carboxylic acids is 4. The SMILES string of the molecule is CCOc1ccc(C(=O)COC(=O)c2ccc(N3C(=O)CC(NC4CC4)C3=O)cc2)cc1. The van der Waals surface area contributed by atoms with Crippen molar-refractivity contribution in [3.8, 4) is 5.75 Å². The van der Waals surface area contributed by atoms with Gasteiger partial charge in [-0.25, -0.2) is 9.69 Å². The van der Waals surface area contributed by atoms with Crippen molar-refractivity contribution in [2.24, 2.45) is 0 Å². The molecule has 166 valence electrons. The Hall–Kier alpha value is -3.52. The van der Waals surface area contributed by atoms with Gasteiger partial charge in [0.05, 0.1) is 30.3 Å². The van der Waals surface area contributed by atoms with Crippen LogP contribution in [0, 0.1) is 0 Å². The number of nitrogens with one attached hydrogen (secondary N) is 1. The highest BCUT2D eigenvalue weighted by atomic mass is 16.5. The largest absolute Gasteiger partial charge is 0.494 e. The summed E-state index contributed by atoms with van der Waals surface area (Å²) in [7, 11) is 0. The first-order valence-electron chi connectivity index (χ1n) is 10.6. The minimum absolute atomic E-state index is 0.132. The first-order chi connectivity index (χ1) is 15.5. The van der Waals surface area contributed by atoms with E-state index in [1.807, 2.05) is 6.92 Å². The Morgan fingerprint density at radius 1 is 1.00 bits per heavy atom. The first kappa shape index (κ1) is 21.7. The first-order valence-corrected chi connectivity index (χ1v) is 10.6. The van der Waals surface area contributed by atoms with Gasteiger partial charge in [0.25, 0.3) is 5.91 Å². The molecule has 0 radical (unpaired) electrons. The molecule has 1 unspecified atom stereocenters. The van der Waals surface area contributed by atoms with E-state index in [9.17, 15) is 19.2 Å². The van der Waals surface area contributed by atoms with Gasteiger partial charge in [0.2, 0.25) is 5.91 Å². The van der Waals surface area contributed by atoms with Gasteiger partial charge in [0.1, 0.15) is 5.75 Å². The van der Waals surface area contributed by atoms with Crippen LogP contribution in [0.1, 0.15) is 46.9 Å². The molecule has 32 heavy (non-hydrogen) atoms.